The van der Waals surface area contributed by atoms with Crippen molar-refractivity contribution < 1.29 is 0 Å². The molecule has 0 spiro atoms. The highest BCUT2D eigenvalue weighted by Gasteiger charge is 2.43. The van der Waals surface area contributed by atoms with E-state index in [1.165, 1.54) is 24.1 Å². The van der Waals surface area contributed by atoms with E-state index < -0.39 is 0 Å². The smallest absolute Gasteiger partial charge is 0.0581 e. The molecule has 0 radical (unpaired) electrons. The number of fused-ring (bicyclic) bond motifs is 1. The minimum atomic E-state index is 0.165. The van der Waals surface area contributed by atoms with Crippen molar-refractivity contribution in [3.8, 4) is 0 Å². The number of nitrogens with zero attached hydrogens (tertiary/aromatic N) is 1. The van der Waals surface area contributed by atoms with Gasteiger partial charge in [0.05, 0.1) is 5.03 Å². The molecule has 1 heterocycles. The standard InChI is InChI=1S/C20H28N2S/c1-4-20(21-16(3)23)13-11-18(20)10-9-15(2)22-14-12-17-7-5-6-8-19(17)22/h5-10,15,18,21,23H,3-4,11-14H2,1-2H3/b10-9-. The predicted molar refractivity (Wildman–Crippen MR) is 103 cm³/mol. The number of nitrogens with one attached hydrogen (secondary N) is 1. The molecule has 3 unspecified atom stereocenters. The molecule has 1 aliphatic carbocycles. The van der Waals surface area contributed by atoms with E-state index in [0.29, 0.717) is 12.0 Å². The van der Waals surface area contributed by atoms with Crippen LogP contribution in [0.15, 0.2) is 48.0 Å². The predicted octanol–water partition coefficient (Wildman–Crippen LogP) is 4.54. The van der Waals surface area contributed by atoms with Crippen LogP contribution in [0.25, 0.3) is 0 Å². The maximum Gasteiger partial charge on any atom is 0.0581 e. The summed E-state index contributed by atoms with van der Waals surface area (Å²) < 4.78 is 0. The van der Waals surface area contributed by atoms with Gasteiger partial charge in [-0.3, -0.25) is 0 Å². The van der Waals surface area contributed by atoms with Gasteiger partial charge in [-0.05, 0) is 50.2 Å². The third-order valence-electron chi connectivity index (χ3n) is 5.67. The average molecular weight is 329 g/mol. The molecule has 124 valence electrons. The van der Waals surface area contributed by atoms with Crippen molar-refractivity contribution >= 4 is 18.3 Å². The number of rotatable bonds is 6. The van der Waals surface area contributed by atoms with Gasteiger partial charge >= 0.3 is 0 Å². The van der Waals surface area contributed by atoms with E-state index in [0.717, 1.165) is 24.4 Å². The summed E-state index contributed by atoms with van der Waals surface area (Å²) in [6.07, 6.45) is 9.54. The van der Waals surface area contributed by atoms with Crippen LogP contribution in [0.3, 0.4) is 0 Å². The first kappa shape index (κ1) is 16.5. The van der Waals surface area contributed by atoms with Gasteiger partial charge in [0.1, 0.15) is 0 Å². The van der Waals surface area contributed by atoms with E-state index in [1.807, 2.05) is 0 Å². The van der Waals surface area contributed by atoms with E-state index in [-0.39, 0.29) is 5.54 Å². The third-order valence-corrected chi connectivity index (χ3v) is 5.78. The lowest BCUT2D eigenvalue weighted by Crippen LogP contribution is -2.56. The molecular formula is C20H28N2S. The summed E-state index contributed by atoms with van der Waals surface area (Å²) >= 11 is 4.35. The molecule has 2 nitrogen and oxygen atoms in total. The van der Waals surface area contributed by atoms with Crippen LogP contribution < -0.4 is 10.2 Å². The minimum absolute atomic E-state index is 0.165. The molecule has 1 aromatic carbocycles. The highest BCUT2D eigenvalue weighted by molar-refractivity contribution is 7.84. The highest BCUT2D eigenvalue weighted by atomic mass is 32.1. The first-order chi connectivity index (χ1) is 11.1. The van der Waals surface area contributed by atoms with Crippen molar-refractivity contribution in [2.24, 2.45) is 5.92 Å². The molecule has 1 aromatic rings. The van der Waals surface area contributed by atoms with Gasteiger partial charge in [0.15, 0.2) is 0 Å². The van der Waals surface area contributed by atoms with E-state index >= 15 is 0 Å². The number of anilines is 1. The van der Waals surface area contributed by atoms with Crippen LogP contribution in [0.1, 0.15) is 38.7 Å². The van der Waals surface area contributed by atoms with Gasteiger partial charge in [-0.25, -0.2) is 0 Å². The Hall–Kier alpha value is -1.35. The van der Waals surface area contributed by atoms with Crippen LogP contribution in [0, 0.1) is 5.92 Å². The summed E-state index contributed by atoms with van der Waals surface area (Å²) in [5, 5.41) is 4.29. The van der Waals surface area contributed by atoms with Crippen LogP contribution in [-0.4, -0.2) is 18.1 Å². The van der Waals surface area contributed by atoms with Gasteiger partial charge in [0.25, 0.3) is 0 Å². The summed E-state index contributed by atoms with van der Waals surface area (Å²) in [6.45, 7) is 9.59. The molecule has 0 saturated heterocycles. The second kappa shape index (κ2) is 6.64. The molecule has 1 N–H and O–H groups in total. The van der Waals surface area contributed by atoms with Gasteiger partial charge in [0, 0.05) is 23.8 Å². The summed E-state index contributed by atoms with van der Waals surface area (Å²) in [5.74, 6) is 0.580. The fourth-order valence-corrected chi connectivity index (χ4v) is 4.32. The van der Waals surface area contributed by atoms with Crippen molar-refractivity contribution in [2.45, 2.75) is 51.1 Å². The molecule has 1 fully saturated rings. The quantitative estimate of drug-likeness (QED) is 0.588. The Bertz CT molecular complexity index is 605. The summed E-state index contributed by atoms with van der Waals surface area (Å²) in [5.41, 5.74) is 3.05. The molecule has 3 rings (SSSR count). The van der Waals surface area contributed by atoms with Gasteiger partial charge in [0.2, 0.25) is 0 Å². The van der Waals surface area contributed by atoms with Gasteiger partial charge in [-0.2, -0.15) is 0 Å². The molecule has 0 bridgehead atoms. The van der Waals surface area contributed by atoms with Crippen LogP contribution in [0.5, 0.6) is 0 Å². The normalized spacial score (nSPS) is 27.6. The van der Waals surface area contributed by atoms with Gasteiger partial charge < -0.3 is 10.2 Å². The fourth-order valence-electron chi connectivity index (χ4n) is 4.10. The second-order valence-corrected chi connectivity index (χ2v) is 7.46. The molecule has 0 amide bonds. The van der Waals surface area contributed by atoms with Crippen LogP contribution >= 0.6 is 12.6 Å². The molecule has 3 atom stereocenters. The van der Waals surface area contributed by atoms with Crippen LogP contribution in [-0.2, 0) is 6.42 Å². The summed E-state index contributed by atoms with van der Waals surface area (Å²) in [7, 11) is 0. The molecule has 23 heavy (non-hydrogen) atoms. The Labute approximate surface area is 146 Å². The maximum atomic E-state index is 4.35. The highest BCUT2D eigenvalue weighted by Crippen LogP contribution is 2.43. The Morgan fingerprint density at radius 1 is 1.52 bits per heavy atom. The van der Waals surface area contributed by atoms with Crippen molar-refractivity contribution in [2.75, 3.05) is 11.4 Å². The number of hydrogen-bond donors (Lipinski definition) is 2. The molecule has 1 aliphatic heterocycles. The molecular weight excluding hydrogens is 300 g/mol. The van der Waals surface area contributed by atoms with E-state index in [4.69, 9.17) is 0 Å². The minimum Gasteiger partial charge on any atom is -0.375 e. The van der Waals surface area contributed by atoms with Crippen molar-refractivity contribution in [3.63, 3.8) is 0 Å². The monoisotopic (exact) mass is 328 g/mol. The van der Waals surface area contributed by atoms with E-state index in [1.54, 1.807) is 0 Å². The number of hydrogen-bond acceptors (Lipinski definition) is 3. The van der Waals surface area contributed by atoms with Gasteiger partial charge in [-0.15, -0.1) is 12.6 Å². The molecule has 3 heteroatoms. The Kier molecular flexibility index (Phi) is 4.77. The SMILES string of the molecule is C=C(S)NC1(CC)CCC1/C=C\C(C)N1CCc2ccccc21. The molecule has 1 saturated carbocycles. The lowest BCUT2D eigenvalue weighted by Gasteiger charge is -2.49. The Balaban J connectivity index is 1.67. The number of benzene rings is 1. The lowest BCUT2D eigenvalue weighted by atomic mass is 9.65. The van der Waals surface area contributed by atoms with E-state index in [2.05, 4.69) is 79.7 Å². The lowest BCUT2D eigenvalue weighted by molar-refractivity contribution is 0.130. The zero-order valence-electron chi connectivity index (χ0n) is 14.3. The van der Waals surface area contributed by atoms with Crippen molar-refractivity contribution in [3.05, 3.63) is 53.6 Å². The summed E-state index contributed by atoms with van der Waals surface area (Å²) in [4.78, 5) is 2.52. The fraction of sp³-hybridized carbons (Fsp3) is 0.500. The average Bonchev–Trinajstić information content (AvgIpc) is 2.95. The van der Waals surface area contributed by atoms with Gasteiger partial charge in [-0.1, -0.05) is 43.9 Å². The third kappa shape index (κ3) is 3.16. The molecule has 2 aliphatic rings. The van der Waals surface area contributed by atoms with E-state index in [9.17, 15) is 0 Å². The zero-order chi connectivity index (χ0) is 16.4. The topological polar surface area (TPSA) is 15.3 Å². The van der Waals surface area contributed by atoms with Crippen LogP contribution in [0.2, 0.25) is 0 Å². The zero-order valence-corrected chi connectivity index (χ0v) is 15.2. The Morgan fingerprint density at radius 3 is 2.96 bits per heavy atom. The first-order valence-electron chi connectivity index (χ1n) is 8.74. The van der Waals surface area contributed by atoms with Crippen LogP contribution in [0.4, 0.5) is 5.69 Å². The Morgan fingerprint density at radius 2 is 2.30 bits per heavy atom. The first-order valence-corrected chi connectivity index (χ1v) is 9.19. The number of para-hydroxylation sites is 1. The second-order valence-electron chi connectivity index (χ2n) is 6.92. The molecule has 0 aromatic heterocycles. The van der Waals surface area contributed by atoms with Crippen molar-refractivity contribution in [1.82, 2.24) is 5.32 Å². The largest absolute Gasteiger partial charge is 0.375 e. The maximum absolute atomic E-state index is 4.35. The van der Waals surface area contributed by atoms with Crippen molar-refractivity contribution in [1.29, 1.82) is 0 Å². The summed E-state index contributed by atoms with van der Waals surface area (Å²) in [6, 6.07) is 9.22. The number of thiol groups is 1.